The van der Waals surface area contributed by atoms with Gasteiger partial charge in [-0.1, -0.05) is 13.8 Å². The molecule has 1 aromatic rings. The second kappa shape index (κ2) is 5.03. The Balaban J connectivity index is 2.10. The van der Waals surface area contributed by atoms with Crippen LogP contribution in [0, 0.1) is 0 Å². The van der Waals surface area contributed by atoms with Crippen molar-refractivity contribution in [2.24, 2.45) is 0 Å². The summed E-state index contributed by atoms with van der Waals surface area (Å²) in [6.45, 7) is 5.05. The van der Waals surface area contributed by atoms with E-state index in [0.29, 0.717) is 18.9 Å². The quantitative estimate of drug-likeness (QED) is 0.664. The number of nitrogens with one attached hydrogen (secondary N) is 2. The lowest BCUT2D eigenvalue weighted by atomic mass is 10.2. The SMILES string of the molecule is CC(C)c1nc(C(=O)N(C)[C@H]2CNC[C@@H]2O)n[nH]1. The van der Waals surface area contributed by atoms with Gasteiger partial charge in [-0.3, -0.25) is 9.89 Å². The van der Waals surface area contributed by atoms with Crippen molar-refractivity contribution < 1.29 is 9.90 Å². The number of nitrogens with zero attached hydrogens (tertiary/aromatic N) is 3. The van der Waals surface area contributed by atoms with E-state index in [0.717, 1.165) is 0 Å². The van der Waals surface area contributed by atoms with Crippen molar-refractivity contribution in [3.05, 3.63) is 11.6 Å². The Kier molecular flexibility index (Phi) is 3.63. The lowest BCUT2D eigenvalue weighted by Crippen LogP contribution is -2.44. The second-order valence-electron chi connectivity index (χ2n) is 4.91. The van der Waals surface area contributed by atoms with Crippen LogP contribution in [0.5, 0.6) is 0 Å². The van der Waals surface area contributed by atoms with Crippen molar-refractivity contribution in [1.82, 2.24) is 25.4 Å². The maximum absolute atomic E-state index is 12.2. The van der Waals surface area contributed by atoms with Crippen LogP contribution in [0.2, 0.25) is 0 Å². The molecule has 1 fully saturated rings. The fraction of sp³-hybridized carbons (Fsp3) is 0.727. The number of β-amino-alcohol motifs (C(OH)–C–C–N with tert-alkyl or cyclic N) is 1. The Hall–Kier alpha value is -1.47. The minimum Gasteiger partial charge on any atom is -0.390 e. The van der Waals surface area contributed by atoms with Crippen LogP contribution in [0.25, 0.3) is 0 Å². The first-order chi connectivity index (χ1) is 8.50. The van der Waals surface area contributed by atoms with Gasteiger partial charge in [-0.15, -0.1) is 5.10 Å². The predicted octanol–water partition coefficient (Wildman–Crippen LogP) is -0.667. The first-order valence-electron chi connectivity index (χ1n) is 6.09. The van der Waals surface area contributed by atoms with Gasteiger partial charge in [0.15, 0.2) is 0 Å². The lowest BCUT2D eigenvalue weighted by Gasteiger charge is -2.25. The molecular weight excluding hydrogens is 234 g/mol. The van der Waals surface area contributed by atoms with Gasteiger partial charge in [0.2, 0.25) is 5.82 Å². The van der Waals surface area contributed by atoms with E-state index in [2.05, 4.69) is 20.5 Å². The fourth-order valence-corrected chi connectivity index (χ4v) is 1.98. The van der Waals surface area contributed by atoms with Gasteiger partial charge in [-0.05, 0) is 0 Å². The van der Waals surface area contributed by atoms with E-state index >= 15 is 0 Å². The Morgan fingerprint density at radius 3 is 2.72 bits per heavy atom. The molecule has 0 radical (unpaired) electrons. The largest absolute Gasteiger partial charge is 0.390 e. The molecule has 1 aliphatic rings. The Labute approximate surface area is 106 Å². The van der Waals surface area contributed by atoms with Crippen molar-refractivity contribution in [2.75, 3.05) is 20.1 Å². The Bertz CT molecular complexity index is 431. The summed E-state index contributed by atoms with van der Waals surface area (Å²) in [6.07, 6.45) is -0.539. The van der Waals surface area contributed by atoms with Gasteiger partial charge in [0, 0.05) is 26.1 Å². The molecule has 3 N–H and O–H groups in total. The van der Waals surface area contributed by atoms with E-state index in [9.17, 15) is 9.90 Å². The lowest BCUT2D eigenvalue weighted by molar-refractivity contribution is 0.0570. The minimum atomic E-state index is -0.539. The van der Waals surface area contributed by atoms with Crippen LogP contribution in [-0.4, -0.2) is 63.4 Å². The minimum absolute atomic E-state index is 0.153. The number of aromatic nitrogens is 3. The molecule has 0 saturated carbocycles. The van der Waals surface area contributed by atoms with Crippen LogP contribution in [0.15, 0.2) is 0 Å². The summed E-state index contributed by atoms with van der Waals surface area (Å²) >= 11 is 0. The number of likely N-dealkylation sites (N-methyl/N-ethyl adjacent to an activating group) is 1. The van der Waals surface area contributed by atoms with Crippen LogP contribution in [0.1, 0.15) is 36.2 Å². The summed E-state index contributed by atoms with van der Waals surface area (Å²) in [5.74, 6) is 0.770. The Morgan fingerprint density at radius 1 is 1.50 bits per heavy atom. The molecule has 18 heavy (non-hydrogen) atoms. The van der Waals surface area contributed by atoms with Crippen LogP contribution < -0.4 is 5.32 Å². The zero-order chi connectivity index (χ0) is 13.3. The van der Waals surface area contributed by atoms with E-state index in [1.165, 1.54) is 4.90 Å². The molecule has 2 rings (SSSR count). The van der Waals surface area contributed by atoms with Crippen molar-refractivity contribution >= 4 is 5.91 Å². The van der Waals surface area contributed by atoms with Crippen LogP contribution in [0.3, 0.4) is 0 Å². The molecule has 0 spiro atoms. The van der Waals surface area contributed by atoms with Gasteiger partial charge in [0.05, 0.1) is 12.1 Å². The maximum atomic E-state index is 12.2. The summed E-state index contributed by atoms with van der Waals surface area (Å²) in [5.41, 5.74) is 0. The number of aliphatic hydroxyl groups is 1. The third kappa shape index (κ3) is 2.37. The highest BCUT2D eigenvalue weighted by molar-refractivity contribution is 5.90. The van der Waals surface area contributed by atoms with Gasteiger partial charge in [0.1, 0.15) is 5.82 Å². The van der Waals surface area contributed by atoms with Crippen molar-refractivity contribution in [3.8, 4) is 0 Å². The summed E-state index contributed by atoms with van der Waals surface area (Å²) in [6, 6.07) is -0.224. The number of aliphatic hydroxyl groups excluding tert-OH is 1. The zero-order valence-corrected chi connectivity index (χ0v) is 10.8. The molecule has 1 aliphatic heterocycles. The van der Waals surface area contributed by atoms with Crippen molar-refractivity contribution in [2.45, 2.75) is 31.9 Å². The molecule has 0 aliphatic carbocycles. The zero-order valence-electron chi connectivity index (χ0n) is 10.8. The molecule has 100 valence electrons. The van der Waals surface area contributed by atoms with Gasteiger partial charge in [0.25, 0.3) is 5.91 Å². The van der Waals surface area contributed by atoms with Crippen LogP contribution >= 0.6 is 0 Å². The molecule has 7 heteroatoms. The first kappa shape index (κ1) is 13.0. The normalized spacial score (nSPS) is 23.6. The molecule has 0 unspecified atom stereocenters. The highest BCUT2D eigenvalue weighted by Gasteiger charge is 2.32. The van der Waals surface area contributed by atoms with E-state index in [1.54, 1.807) is 7.05 Å². The topological polar surface area (TPSA) is 94.1 Å². The number of aromatic amines is 1. The van der Waals surface area contributed by atoms with Gasteiger partial charge in [-0.2, -0.15) is 0 Å². The van der Waals surface area contributed by atoms with E-state index in [1.807, 2.05) is 13.8 Å². The standard InChI is InChI=1S/C11H19N5O2/c1-6(2)9-13-10(15-14-9)11(18)16(3)7-4-12-5-8(7)17/h6-8,12,17H,4-5H2,1-3H3,(H,13,14,15)/t7-,8-/m0/s1. The van der Waals surface area contributed by atoms with Gasteiger partial charge < -0.3 is 15.3 Å². The number of carbonyl (C=O) groups is 1. The third-order valence-corrected chi connectivity index (χ3v) is 3.21. The van der Waals surface area contributed by atoms with Crippen LogP contribution in [-0.2, 0) is 0 Å². The summed E-state index contributed by atoms with van der Waals surface area (Å²) in [5, 5.41) is 19.5. The maximum Gasteiger partial charge on any atom is 0.293 e. The van der Waals surface area contributed by atoms with Crippen molar-refractivity contribution in [3.63, 3.8) is 0 Å². The number of carbonyl (C=O) groups excluding carboxylic acids is 1. The third-order valence-electron chi connectivity index (χ3n) is 3.21. The highest BCUT2D eigenvalue weighted by atomic mass is 16.3. The number of H-pyrrole nitrogens is 1. The predicted molar refractivity (Wildman–Crippen MR) is 65.2 cm³/mol. The van der Waals surface area contributed by atoms with E-state index < -0.39 is 6.10 Å². The Morgan fingerprint density at radius 2 is 2.22 bits per heavy atom. The van der Waals surface area contributed by atoms with Gasteiger partial charge >= 0.3 is 0 Å². The second-order valence-corrected chi connectivity index (χ2v) is 4.91. The summed E-state index contributed by atoms with van der Waals surface area (Å²) in [4.78, 5) is 17.8. The van der Waals surface area contributed by atoms with E-state index in [4.69, 9.17) is 0 Å². The highest BCUT2D eigenvalue weighted by Crippen LogP contribution is 2.12. The molecule has 1 saturated heterocycles. The molecule has 1 amide bonds. The molecule has 7 nitrogen and oxygen atoms in total. The van der Waals surface area contributed by atoms with Gasteiger partial charge in [-0.25, -0.2) is 4.98 Å². The smallest absolute Gasteiger partial charge is 0.293 e. The average Bonchev–Trinajstić information content (AvgIpc) is 2.95. The fourth-order valence-electron chi connectivity index (χ4n) is 1.98. The van der Waals surface area contributed by atoms with E-state index in [-0.39, 0.29) is 23.7 Å². The average molecular weight is 253 g/mol. The number of hydrogen-bond donors (Lipinski definition) is 3. The molecule has 2 heterocycles. The molecular formula is C11H19N5O2. The van der Waals surface area contributed by atoms with Crippen LogP contribution in [0.4, 0.5) is 0 Å². The number of hydrogen-bond acceptors (Lipinski definition) is 5. The monoisotopic (exact) mass is 253 g/mol. The van der Waals surface area contributed by atoms with Crippen molar-refractivity contribution in [1.29, 1.82) is 0 Å². The summed E-state index contributed by atoms with van der Waals surface area (Å²) in [7, 11) is 1.66. The number of rotatable bonds is 3. The number of amides is 1. The molecule has 0 bridgehead atoms. The molecule has 2 atom stereocenters. The molecule has 0 aromatic carbocycles. The molecule has 1 aromatic heterocycles. The first-order valence-corrected chi connectivity index (χ1v) is 6.09. The summed E-state index contributed by atoms with van der Waals surface area (Å²) < 4.78 is 0.